The van der Waals surface area contributed by atoms with E-state index >= 15 is 0 Å². The fourth-order valence-electron chi connectivity index (χ4n) is 1.40. The van der Waals surface area contributed by atoms with Crippen LogP contribution >= 0.6 is 34.2 Å². The Morgan fingerprint density at radius 2 is 2.06 bits per heavy atom. The average molecular weight is 361 g/mol. The number of nitrogens with zero attached hydrogens (tertiary/aromatic N) is 2. The summed E-state index contributed by atoms with van der Waals surface area (Å²) in [6.45, 7) is -1.10. The minimum Gasteiger partial charge on any atom is -0.255 e. The van der Waals surface area contributed by atoms with Gasteiger partial charge in [-0.2, -0.15) is 18.3 Å². The molecule has 0 aliphatic carbocycles. The third-order valence-corrected chi connectivity index (χ3v) is 3.03. The van der Waals surface area contributed by atoms with E-state index in [1.54, 1.807) is 12.1 Å². The van der Waals surface area contributed by atoms with Crippen molar-refractivity contribution < 1.29 is 13.2 Å². The Morgan fingerprint density at radius 3 is 2.69 bits per heavy atom. The molecule has 0 aliphatic heterocycles. The Labute approximate surface area is 108 Å². The van der Waals surface area contributed by atoms with Gasteiger partial charge in [0.25, 0.3) is 0 Å². The summed E-state index contributed by atoms with van der Waals surface area (Å²) in [5.74, 6) is 0. The molecule has 1 aromatic heterocycles. The number of hydrogen-bond donors (Lipinski definition) is 0. The Morgan fingerprint density at radius 1 is 1.38 bits per heavy atom. The van der Waals surface area contributed by atoms with Gasteiger partial charge < -0.3 is 0 Å². The zero-order valence-corrected chi connectivity index (χ0v) is 10.6. The predicted molar refractivity (Wildman–Crippen MR) is 63.5 cm³/mol. The lowest BCUT2D eigenvalue weighted by Gasteiger charge is -2.07. The molecule has 0 unspecified atom stereocenters. The van der Waals surface area contributed by atoms with Crippen molar-refractivity contribution in [2.45, 2.75) is 12.7 Å². The van der Waals surface area contributed by atoms with Crippen molar-refractivity contribution in [2.75, 3.05) is 0 Å². The molecular weight excluding hydrogens is 355 g/mol. The lowest BCUT2D eigenvalue weighted by atomic mass is 10.2. The third kappa shape index (κ3) is 2.42. The monoisotopic (exact) mass is 360 g/mol. The molecule has 86 valence electrons. The number of hydrogen-bond acceptors (Lipinski definition) is 1. The minimum absolute atomic E-state index is 0.396. The van der Waals surface area contributed by atoms with Crippen LogP contribution in [0.1, 0.15) is 0 Å². The highest BCUT2D eigenvalue weighted by Gasteiger charge is 2.29. The van der Waals surface area contributed by atoms with Crippen molar-refractivity contribution in [1.29, 1.82) is 0 Å². The predicted octanol–water partition coefficient (Wildman–Crippen LogP) is 3.86. The van der Waals surface area contributed by atoms with E-state index in [0.717, 1.165) is 4.68 Å². The van der Waals surface area contributed by atoms with Crippen molar-refractivity contribution in [3.8, 4) is 0 Å². The summed E-state index contributed by atoms with van der Waals surface area (Å²) in [5.41, 5.74) is 0.397. The lowest BCUT2D eigenvalue weighted by Crippen LogP contribution is -2.18. The van der Waals surface area contributed by atoms with Crippen molar-refractivity contribution in [3.05, 3.63) is 26.9 Å². The highest BCUT2D eigenvalue weighted by atomic mass is 127. The molecule has 2 aromatic rings. The van der Waals surface area contributed by atoms with Gasteiger partial charge in [-0.1, -0.05) is 11.6 Å². The Bertz CT molecular complexity index is 535. The van der Waals surface area contributed by atoms with Gasteiger partial charge in [-0.15, -0.1) is 0 Å². The Balaban J connectivity index is 2.57. The maximum Gasteiger partial charge on any atom is 0.408 e. The lowest BCUT2D eigenvalue weighted by molar-refractivity contribution is -0.141. The molecule has 0 spiro atoms. The number of rotatable bonds is 1. The number of alkyl halides is 3. The van der Waals surface area contributed by atoms with Crippen LogP contribution in [0.5, 0.6) is 0 Å². The van der Waals surface area contributed by atoms with E-state index in [-0.39, 0.29) is 0 Å². The topological polar surface area (TPSA) is 17.8 Å². The van der Waals surface area contributed by atoms with Gasteiger partial charge >= 0.3 is 6.18 Å². The zero-order chi connectivity index (χ0) is 11.9. The van der Waals surface area contributed by atoms with E-state index in [9.17, 15) is 13.2 Å². The second-order valence-electron chi connectivity index (χ2n) is 3.23. The van der Waals surface area contributed by atoms with E-state index in [1.807, 2.05) is 22.6 Å². The first-order valence-electron chi connectivity index (χ1n) is 4.25. The van der Waals surface area contributed by atoms with Gasteiger partial charge in [-0.05, 0) is 40.8 Å². The molecule has 0 N–H and O–H groups in total. The molecular formula is C9H5ClF3IN2. The van der Waals surface area contributed by atoms with Gasteiger partial charge in [-0.25, -0.2) is 0 Å². The molecule has 0 atom stereocenters. The minimum atomic E-state index is -4.29. The first-order chi connectivity index (χ1) is 7.37. The van der Waals surface area contributed by atoms with E-state index in [0.29, 0.717) is 19.6 Å². The maximum atomic E-state index is 12.3. The summed E-state index contributed by atoms with van der Waals surface area (Å²) in [6, 6.07) is 4.78. The number of halogens is 5. The number of fused-ring (bicyclic) bond motifs is 1. The van der Waals surface area contributed by atoms with E-state index in [2.05, 4.69) is 5.10 Å². The maximum absolute atomic E-state index is 12.3. The molecule has 7 heteroatoms. The van der Waals surface area contributed by atoms with Gasteiger partial charge in [-0.3, -0.25) is 4.68 Å². The molecule has 0 amide bonds. The highest BCUT2D eigenvalue weighted by molar-refractivity contribution is 14.1. The smallest absolute Gasteiger partial charge is 0.255 e. The fourth-order valence-corrected chi connectivity index (χ4v) is 2.28. The van der Waals surface area contributed by atoms with Crippen LogP contribution in [0.15, 0.2) is 18.2 Å². The summed E-state index contributed by atoms with van der Waals surface area (Å²) in [7, 11) is 0. The van der Waals surface area contributed by atoms with Crippen LogP contribution in [0.25, 0.3) is 10.9 Å². The van der Waals surface area contributed by atoms with Gasteiger partial charge in [0, 0.05) is 10.4 Å². The first kappa shape index (κ1) is 12.0. The van der Waals surface area contributed by atoms with Gasteiger partial charge in [0.2, 0.25) is 0 Å². The van der Waals surface area contributed by atoms with Crippen molar-refractivity contribution in [2.24, 2.45) is 0 Å². The quantitative estimate of drug-likeness (QED) is 0.706. The van der Waals surface area contributed by atoms with E-state index in [1.165, 1.54) is 6.07 Å². The molecule has 0 fully saturated rings. The van der Waals surface area contributed by atoms with Gasteiger partial charge in [0.15, 0.2) is 0 Å². The number of benzene rings is 1. The highest BCUT2D eigenvalue weighted by Crippen LogP contribution is 2.26. The van der Waals surface area contributed by atoms with Crippen LogP contribution in [0.2, 0.25) is 5.02 Å². The third-order valence-electron chi connectivity index (χ3n) is 2.00. The summed E-state index contributed by atoms with van der Waals surface area (Å²) in [4.78, 5) is 0. The molecule has 1 aromatic carbocycles. The molecule has 2 nitrogen and oxygen atoms in total. The molecule has 0 radical (unpaired) electrons. The largest absolute Gasteiger partial charge is 0.408 e. The molecule has 16 heavy (non-hydrogen) atoms. The Hall–Kier alpha value is -0.500. The van der Waals surface area contributed by atoms with Gasteiger partial charge in [0.05, 0.1) is 5.52 Å². The summed E-state index contributed by atoms with van der Waals surface area (Å²) in [5, 5.41) is 4.91. The fraction of sp³-hybridized carbons (Fsp3) is 0.222. The zero-order valence-electron chi connectivity index (χ0n) is 7.72. The van der Waals surface area contributed by atoms with Crippen LogP contribution < -0.4 is 0 Å². The van der Waals surface area contributed by atoms with Crippen molar-refractivity contribution in [1.82, 2.24) is 9.78 Å². The van der Waals surface area contributed by atoms with E-state index in [4.69, 9.17) is 11.6 Å². The van der Waals surface area contributed by atoms with Gasteiger partial charge in [0.1, 0.15) is 10.2 Å². The van der Waals surface area contributed by atoms with Crippen LogP contribution in [0, 0.1) is 3.70 Å². The molecule has 1 heterocycles. The van der Waals surface area contributed by atoms with Crippen LogP contribution in [-0.4, -0.2) is 16.0 Å². The second kappa shape index (κ2) is 4.06. The first-order valence-corrected chi connectivity index (χ1v) is 5.71. The summed E-state index contributed by atoms with van der Waals surface area (Å²) in [6.07, 6.45) is -4.29. The summed E-state index contributed by atoms with van der Waals surface area (Å²) < 4.78 is 38.3. The van der Waals surface area contributed by atoms with Crippen LogP contribution in [0.3, 0.4) is 0 Å². The van der Waals surface area contributed by atoms with Crippen molar-refractivity contribution >= 4 is 45.1 Å². The molecule has 0 bridgehead atoms. The standard InChI is InChI=1S/C9H5ClF3IN2/c10-5-1-2-6-7(3-5)16(15-8(6)14)4-9(11,12)13/h1-3H,4H2. The van der Waals surface area contributed by atoms with Crippen molar-refractivity contribution in [3.63, 3.8) is 0 Å². The molecule has 2 rings (SSSR count). The van der Waals surface area contributed by atoms with E-state index < -0.39 is 12.7 Å². The SMILES string of the molecule is FC(F)(F)Cn1nc(I)c2ccc(Cl)cc21. The normalized spacial score (nSPS) is 12.3. The van der Waals surface area contributed by atoms with Crippen LogP contribution in [-0.2, 0) is 6.54 Å². The second-order valence-corrected chi connectivity index (χ2v) is 4.68. The number of aromatic nitrogens is 2. The summed E-state index contributed by atoms with van der Waals surface area (Å²) >= 11 is 7.65. The van der Waals surface area contributed by atoms with Crippen LogP contribution in [0.4, 0.5) is 13.2 Å². The molecule has 0 saturated heterocycles. The average Bonchev–Trinajstić information content (AvgIpc) is 2.40. The Kier molecular flexibility index (Phi) is 3.04. The molecule has 0 saturated carbocycles. The molecule has 0 aliphatic rings.